The van der Waals surface area contributed by atoms with E-state index in [-0.39, 0.29) is 11.6 Å². The highest BCUT2D eigenvalue weighted by Crippen LogP contribution is 2.08. The number of aromatic carboxylic acids is 1. The van der Waals surface area contributed by atoms with Crippen molar-refractivity contribution >= 4 is 12.0 Å². The maximum Gasteiger partial charge on any atom is 0.335 e. The lowest BCUT2D eigenvalue weighted by atomic mass is 10.0. The zero-order valence-electron chi connectivity index (χ0n) is 12.3. The van der Waals surface area contributed by atoms with E-state index in [2.05, 4.69) is 16.0 Å². The molecule has 116 valence electrons. The molecule has 0 saturated carbocycles. The van der Waals surface area contributed by atoms with Gasteiger partial charge in [-0.05, 0) is 37.6 Å². The van der Waals surface area contributed by atoms with Gasteiger partial charge in [0.15, 0.2) is 0 Å². The number of nitrogens with one attached hydrogen (secondary N) is 3. The van der Waals surface area contributed by atoms with E-state index in [1.807, 2.05) is 6.92 Å². The summed E-state index contributed by atoms with van der Waals surface area (Å²) in [5.41, 5.74) is 1.00. The Labute approximate surface area is 124 Å². The Balaban J connectivity index is 2.24. The normalized spacial score (nSPS) is 10.1. The molecule has 21 heavy (non-hydrogen) atoms. The van der Waals surface area contributed by atoms with E-state index in [1.54, 1.807) is 24.3 Å². The summed E-state index contributed by atoms with van der Waals surface area (Å²) in [6.07, 6.45) is 1.37. The summed E-state index contributed by atoms with van der Waals surface area (Å²) in [6, 6.07) is 6.59. The van der Waals surface area contributed by atoms with E-state index >= 15 is 0 Å². The molecule has 2 amide bonds. The van der Waals surface area contributed by atoms with Crippen molar-refractivity contribution in [2.45, 2.75) is 19.8 Å². The average Bonchev–Trinajstić information content (AvgIpc) is 2.47. The molecular weight excluding hydrogens is 270 g/mol. The van der Waals surface area contributed by atoms with Crippen LogP contribution in [0.2, 0.25) is 0 Å². The predicted octanol–water partition coefficient (Wildman–Crippen LogP) is 1.23. The molecule has 0 bridgehead atoms. The molecule has 0 spiro atoms. The highest BCUT2D eigenvalue weighted by Gasteiger charge is 2.08. The molecule has 4 N–H and O–H groups in total. The molecule has 0 fully saturated rings. The SMILES string of the molecule is CCNCCCNC(=O)NCCc1ccccc1C(=O)O. The standard InChI is InChI=1S/C15H23N3O3/c1-2-16-9-5-10-17-15(21)18-11-8-12-6-3-4-7-13(12)14(19)20/h3-4,6-7,16H,2,5,8-11H2,1H3,(H,19,20)(H2,17,18,21). The van der Waals surface area contributed by atoms with Crippen molar-refractivity contribution < 1.29 is 14.7 Å². The molecule has 0 aromatic heterocycles. The highest BCUT2D eigenvalue weighted by atomic mass is 16.4. The monoisotopic (exact) mass is 293 g/mol. The number of hydrogen-bond donors (Lipinski definition) is 4. The van der Waals surface area contributed by atoms with Gasteiger partial charge >= 0.3 is 12.0 Å². The van der Waals surface area contributed by atoms with Gasteiger partial charge in [-0.3, -0.25) is 0 Å². The molecule has 1 aromatic carbocycles. The van der Waals surface area contributed by atoms with Crippen molar-refractivity contribution in [3.8, 4) is 0 Å². The summed E-state index contributed by atoms with van der Waals surface area (Å²) in [7, 11) is 0. The van der Waals surface area contributed by atoms with Crippen molar-refractivity contribution in [1.82, 2.24) is 16.0 Å². The van der Waals surface area contributed by atoms with Crippen LogP contribution in [0.25, 0.3) is 0 Å². The molecule has 0 aliphatic heterocycles. The van der Waals surface area contributed by atoms with E-state index in [4.69, 9.17) is 5.11 Å². The Kier molecular flexibility index (Phi) is 7.89. The predicted molar refractivity (Wildman–Crippen MR) is 81.7 cm³/mol. The van der Waals surface area contributed by atoms with Gasteiger partial charge in [0.1, 0.15) is 0 Å². The summed E-state index contributed by atoms with van der Waals surface area (Å²) in [4.78, 5) is 22.6. The van der Waals surface area contributed by atoms with E-state index in [1.165, 1.54) is 0 Å². The van der Waals surface area contributed by atoms with Crippen LogP contribution in [0.4, 0.5) is 4.79 Å². The lowest BCUT2D eigenvalue weighted by Crippen LogP contribution is -2.37. The average molecular weight is 293 g/mol. The Morgan fingerprint density at radius 2 is 1.81 bits per heavy atom. The molecular formula is C15H23N3O3. The Bertz CT molecular complexity index is 463. The number of benzene rings is 1. The molecule has 1 aromatic rings. The number of urea groups is 1. The number of carboxylic acids is 1. The van der Waals surface area contributed by atoms with Crippen LogP contribution in [0.15, 0.2) is 24.3 Å². The summed E-state index contributed by atoms with van der Waals surface area (Å²) >= 11 is 0. The van der Waals surface area contributed by atoms with Crippen LogP contribution in [-0.2, 0) is 6.42 Å². The molecule has 0 radical (unpaired) electrons. The van der Waals surface area contributed by atoms with Crippen LogP contribution in [0.1, 0.15) is 29.3 Å². The third-order valence-corrected chi connectivity index (χ3v) is 2.99. The number of carboxylic acid groups (broad SMARTS) is 1. The fourth-order valence-electron chi connectivity index (χ4n) is 1.91. The maximum atomic E-state index is 11.5. The molecule has 0 heterocycles. The van der Waals surface area contributed by atoms with Gasteiger partial charge in [-0.1, -0.05) is 25.1 Å². The van der Waals surface area contributed by atoms with Crippen molar-refractivity contribution in [3.63, 3.8) is 0 Å². The molecule has 0 saturated heterocycles. The molecule has 6 heteroatoms. The minimum absolute atomic E-state index is 0.223. The number of amides is 2. The quantitative estimate of drug-likeness (QED) is 0.515. The van der Waals surface area contributed by atoms with Gasteiger partial charge in [-0.15, -0.1) is 0 Å². The van der Waals surface area contributed by atoms with E-state index in [0.29, 0.717) is 19.5 Å². The third-order valence-electron chi connectivity index (χ3n) is 2.99. The first kappa shape index (κ1) is 17.0. The molecule has 0 atom stereocenters. The summed E-state index contributed by atoms with van der Waals surface area (Å²) in [6.45, 7) is 4.86. The number of carbonyl (C=O) groups is 2. The molecule has 6 nitrogen and oxygen atoms in total. The fourth-order valence-corrected chi connectivity index (χ4v) is 1.91. The summed E-state index contributed by atoms with van der Waals surface area (Å²) in [5, 5.41) is 17.7. The van der Waals surface area contributed by atoms with Gasteiger partial charge in [-0.2, -0.15) is 0 Å². The maximum absolute atomic E-state index is 11.5. The topological polar surface area (TPSA) is 90.5 Å². The van der Waals surface area contributed by atoms with E-state index in [0.717, 1.165) is 25.1 Å². The second-order valence-electron chi connectivity index (χ2n) is 4.60. The third kappa shape index (κ3) is 6.76. The lowest BCUT2D eigenvalue weighted by molar-refractivity contribution is 0.0695. The van der Waals surface area contributed by atoms with Crippen LogP contribution in [0.5, 0.6) is 0 Å². The molecule has 0 aliphatic rings. The second kappa shape index (κ2) is 9.77. The number of rotatable bonds is 9. The van der Waals surface area contributed by atoms with Crippen molar-refractivity contribution in [1.29, 1.82) is 0 Å². The van der Waals surface area contributed by atoms with Crippen LogP contribution in [-0.4, -0.2) is 43.3 Å². The Morgan fingerprint density at radius 3 is 2.52 bits per heavy atom. The lowest BCUT2D eigenvalue weighted by Gasteiger charge is -2.09. The van der Waals surface area contributed by atoms with Gasteiger partial charge in [0.2, 0.25) is 0 Å². The number of hydrogen-bond acceptors (Lipinski definition) is 3. The number of carbonyl (C=O) groups excluding carboxylic acids is 1. The van der Waals surface area contributed by atoms with Gasteiger partial charge in [-0.25, -0.2) is 9.59 Å². The van der Waals surface area contributed by atoms with Crippen LogP contribution >= 0.6 is 0 Å². The first-order valence-electron chi connectivity index (χ1n) is 7.18. The van der Waals surface area contributed by atoms with Crippen molar-refractivity contribution in [2.75, 3.05) is 26.2 Å². The Hall–Kier alpha value is -2.08. The van der Waals surface area contributed by atoms with Gasteiger partial charge in [0.05, 0.1) is 5.56 Å². The van der Waals surface area contributed by atoms with Crippen LogP contribution in [0, 0.1) is 0 Å². The summed E-state index contributed by atoms with van der Waals surface area (Å²) < 4.78 is 0. The van der Waals surface area contributed by atoms with Gasteiger partial charge < -0.3 is 21.1 Å². The largest absolute Gasteiger partial charge is 0.478 e. The highest BCUT2D eigenvalue weighted by molar-refractivity contribution is 5.89. The van der Waals surface area contributed by atoms with Crippen LogP contribution < -0.4 is 16.0 Å². The van der Waals surface area contributed by atoms with Gasteiger partial charge in [0, 0.05) is 13.1 Å². The zero-order valence-corrected chi connectivity index (χ0v) is 12.3. The summed E-state index contributed by atoms with van der Waals surface area (Å²) in [5.74, 6) is -0.946. The molecule has 1 rings (SSSR count). The Morgan fingerprint density at radius 1 is 1.10 bits per heavy atom. The van der Waals surface area contributed by atoms with E-state index in [9.17, 15) is 9.59 Å². The first-order chi connectivity index (χ1) is 10.1. The van der Waals surface area contributed by atoms with Crippen molar-refractivity contribution in [2.24, 2.45) is 0 Å². The minimum Gasteiger partial charge on any atom is -0.478 e. The first-order valence-corrected chi connectivity index (χ1v) is 7.18. The van der Waals surface area contributed by atoms with Crippen LogP contribution in [0.3, 0.4) is 0 Å². The smallest absolute Gasteiger partial charge is 0.335 e. The molecule has 0 unspecified atom stereocenters. The van der Waals surface area contributed by atoms with Gasteiger partial charge in [0.25, 0.3) is 0 Å². The van der Waals surface area contributed by atoms with Crippen molar-refractivity contribution in [3.05, 3.63) is 35.4 Å². The molecule has 0 aliphatic carbocycles. The fraction of sp³-hybridized carbons (Fsp3) is 0.467. The minimum atomic E-state index is -0.946. The van der Waals surface area contributed by atoms with E-state index < -0.39 is 5.97 Å². The second-order valence-corrected chi connectivity index (χ2v) is 4.60. The zero-order chi connectivity index (χ0) is 15.5.